The number of anilines is 1. The molecule has 0 spiro atoms. The zero-order valence-corrected chi connectivity index (χ0v) is 13.6. The number of nitrogens with zero attached hydrogens (tertiary/aromatic N) is 1. The Morgan fingerprint density at radius 3 is 2.44 bits per heavy atom. The molecule has 0 aromatic heterocycles. The van der Waals surface area contributed by atoms with Crippen LogP contribution in [0, 0.1) is 0 Å². The summed E-state index contributed by atoms with van der Waals surface area (Å²) >= 11 is 15.8. The summed E-state index contributed by atoms with van der Waals surface area (Å²) in [7, 11) is 0. The Morgan fingerprint density at radius 2 is 1.94 bits per heavy atom. The predicted octanol–water partition coefficient (Wildman–Crippen LogP) is 4.65. The van der Waals surface area contributed by atoms with E-state index in [9.17, 15) is 0 Å². The van der Waals surface area contributed by atoms with Crippen molar-refractivity contribution in [3.05, 3.63) is 26.7 Å². The van der Waals surface area contributed by atoms with Crippen molar-refractivity contribution < 1.29 is 0 Å². The zero-order valence-electron chi connectivity index (χ0n) is 10.5. The fourth-order valence-electron chi connectivity index (χ4n) is 2.26. The maximum absolute atomic E-state index is 6.22. The van der Waals surface area contributed by atoms with Gasteiger partial charge in [-0.1, -0.05) is 39.1 Å². The first-order valence-corrected chi connectivity index (χ1v) is 7.67. The van der Waals surface area contributed by atoms with Gasteiger partial charge in [0.05, 0.1) is 15.7 Å². The largest absolute Gasteiger partial charge is 0.379 e. The lowest BCUT2D eigenvalue weighted by Crippen LogP contribution is -2.31. The quantitative estimate of drug-likeness (QED) is 0.852. The van der Waals surface area contributed by atoms with Crippen LogP contribution in [0.2, 0.25) is 10.0 Å². The Hall–Kier alpha value is 0.0400. The third-order valence-electron chi connectivity index (χ3n) is 3.31. The maximum Gasteiger partial charge on any atom is 0.0722 e. The molecule has 1 aliphatic heterocycles. The van der Waals surface area contributed by atoms with E-state index in [0.717, 1.165) is 29.7 Å². The molecule has 1 aliphatic rings. The average Bonchev–Trinajstić information content (AvgIpc) is 2.71. The second-order valence-electron chi connectivity index (χ2n) is 4.96. The van der Waals surface area contributed by atoms with E-state index in [1.54, 1.807) is 0 Å². The van der Waals surface area contributed by atoms with E-state index in [1.807, 2.05) is 12.1 Å². The molecule has 1 N–H and O–H groups in total. The van der Waals surface area contributed by atoms with Gasteiger partial charge in [-0.2, -0.15) is 0 Å². The molecule has 1 atom stereocenters. The van der Waals surface area contributed by atoms with Crippen LogP contribution in [0.25, 0.3) is 0 Å². The fraction of sp³-hybridized carbons (Fsp3) is 0.538. The molecule has 5 heteroatoms. The van der Waals surface area contributed by atoms with Gasteiger partial charge in [-0.25, -0.2) is 0 Å². The average molecular weight is 352 g/mol. The zero-order chi connectivity index (χ0) is 13.3. The normalized spacial score (nSPS) is 20.7. The summed E-state index contributed by atoms with van der Waals surface area (Å²) in [6.07, 6.45) is 1.13. The Labute approximate surface area is 127 Å². The summed E-state index contributed by atoms with van der Waals surface area (Å²) < 4.78 is 0.901. The van der Waals surface area contributed by atoms with E-state index in [-0.39, 0.29) is 0 Å². The lowest BCUT2D eigenvalue weighted by Gasteiger charge is -2.21. The number of benzene rings is 1. The van der Waals surface area contributed by atoms with Crippen molar-refractivity contribution in [1.82, 2.24) is 4.90 Å². The lowest BCUT2D eigenvalue weighted by atomic mass is 10.2. The molecule has 1 aromatic rings. The van der Waals surface area contributed by atoms with Gasteiger partial charge in [0.15, 0.2) is 0 Å². The lowest BCUT2D eigenvalue weighted by molar-refractivity contribution is 0.274. The standard InChI is InChI=1S/C13H17BrCl2N2/c1-8(2)18-4-3-10(7-18)17-13-11(15)5-9(14)6-12(13)16/h5-6,8,10,17H,3-4,7H2,1-2H3. The molecule has 0 aliphatic carbocycles. The third kappa shape index (κ3) is 3.32. The van der Waals surface area contributed by atoms with Crippen molar-refractivity contribution >= 4 is 44.8 Å². The van der Waals surface area contributed by atoms with Crippen LogP contribution < -0.4 is 5.32 Å². The van der Waals surface area contributed by atoms with Crippen LogP contribution in [0.5, 0.6) is 0 Å². The minimum Gasteiger partial charge on any atom is -0.379 e. The molecule has 1 fully saturated rings. The first-order valence-electron chi connectivity index (χ1n) is 6.12. The smallest absolute Gasteiger partial charge is 0.0722 e. The molecule has 0 bridgehead atoms. The minimum absolute atomic E-state index is 0.420. The SMILES string of the molecule is CC(C)N1CCC(Nc2c(Cl)cc(Br)cc2Cl)C1. The molecule has 1 unspecified atom stereocenters. The van der Waals surface area contributed by atoms with Gasteiger partial charge in [-0.3, -0.25) is 4.90 Å². The Kier molecular flexibility index (Phi) is 4.81. The molecule has 2 nitrogen and oxygen atoms in total. The summed E-state index contributed by atoms with van der Waals surface area (Å²) in [5.74, 6) is 0. The first-order chi connectivity index (χ1) is 8.47. The van der Waals surface area contributed by atoms with E-state index in [4.69, 9.17) is 23.2 Å². The fourth-order valence-corrected chi connectivity index (χ4v) is 3.58. The maximum atomic E-state index is 6.22. The van der Waals surface area contributed by atoms with Gasteiger partial charge in [0, 0.05) is 29.6 Å². The van der Waals surface area contributed by atoms with E-state index >= 15 is 0 Å². The Morgan fingerprint density at radius 1 is 1.33 bits per heavy atom. The third-order valence-corrected chi connectivity index (χ3v) is 4.36. The number of nitrogens with one attached hydrogen (secondary N) is 1. The molecule has 0 amide bonds. The number of halogens is 3. The van der Waals surface area contributed by atoms with Crippen molar-refractivity contribution in [3.8, 4) is 0 Å². The molecule has 1 aromatic carbocycles. The summed E-state index contributed by atoms with van der Waals surface area (Å²) in [6.45, 7) is 6.62. The summed E-state index contributed by atoms with van der Waals surface area (Å²) in [5.41, 5.74) is 0.845. The molecule has 100 valence electrons. The van der Waals surface area contributed by atoms with Gasteiger partial charge in [0.25, 0.3) is 0 Å². The molecule has 0 saturated carbocycles. The van der Waals surface area contributed by atoms with Gasteiger partial charge in [-0.15, -0.1) is 0 Å². The highest BCUT2D eigenvalue weighted by Crippen LogP contribution is 2.35. The van der Waals surface area contributed by atoms with Gasteiger partial charge >= 0.3 is 0 Å². The molecule has 18 heavy (non-hydrogen) atoms. The second-order valence-corrected chi connectivity index (χ2v) is 6.69. The predicted molar refractivity (Wildman–Crippen MR) is 82.9 cm³/mol. The van der Waals surface area contributed by atoms with Crippen LogP contribution in [0.15, 0.2) is 16.6 Å². The Balaban J connectivity index is 2.07. The number of hydrogen-bond acceptors (Lipinski definition) is 2. The molecule has 1 saturated heterocycles. The van der Waals surface area contributed by atoms with Crippen molar-refractivity contribution in [1.29, 1.82) is 0 Å². The van der Waals surface area contributed by atoms with Crippen LogP contribution in [0.3, 0.4) is 0 Å². The molecule has 0 radical (unpaired) electrons. The first kappa shape index (κ1) is 14.4. The summed E-state index contributed by atoms with van der Waals surface area (Å²) in [4.78, 5) is 2.46. The Bertz CT molecular complexity index is 414. The highest BCUT2D eigenvalue weighted by Gasteiger charge is 2.25. The topological polar surface area (TPSA) is 15.3 Å². The van der Waals surface area contributed by atoms with Crippen molar-refractivity contribution in [2.75, 3.05) is 18.4 Å². The number of rotatable bonds is 3. The van der Waals surface area contributed by atoms with Gasteiger partial charge in [0.2, 0.25) is 0 Å². The molecular weight excluding hydrogens is 335 g/mol. The van der Waals surface area contributed by atoms with E-state index in [0.29, 0.717) is 22.1 Å². The monoisotopic (exact) mass is 350 g/mol. The van der Waals surface area contributed by atoms with Crippen LogP contribution in [-0.4, -0.2) is 30.1 Å². The molecule has 1 heterocycles. The molecule has 2 rings (SSSR count). The highest BCUT2D eigenvalue weighted by atomic mass is 79.9. The van der Waals surface area contributed by atoms with Crippen LogP contribution in [0.1, 0.15) is 20.3 Å². The van der Waals surface area contributed by atoms with Gasteiger partial charge in [0.1, 0.15) is 0 Å². The van der Waals surface area contributed by atoms with Crippen molar-refractivity contribution in [3.63, 3.8) is 0 Å². The van der Waals surface area contributed by atoms with E-state index in [1.165, 1.54) is 0 Å². The number of hydrogen-bond donors (Lipinski definition) is 1. The van der Waals surface area contributed by atoms with Gasteiger partial charge in [-0.05, 0) is 32.4 Å². The van der Waals surface area contributed by atoms with Crippen LogP contribution in [-0.2, 0) is 0 Å². The second kappa shape index (κ2) is 6.00. The highest BCUT2D eigenvalue weighted by molar-refractivity contribution is 9.10. The number of likely N-dealkylation sites (tertiary alicyclic amines) is 1. The van der Waals surface area contributed by atoms with E-state index < -0.39 is 0 Å². The molecular formula is C13H17BrCl2N2. The van der Waals surface area contributed by atoms with Crippen LogP contribution >= 0.6 is 39.1 Å². The van der Waals surface area contributed by atoms with Crippen molar-refractivity contribution in [2.45, 2.75) is 32.4 Å². The van der Waals surface area contributed by atoms with Gasteiger partial charge < -0.3 is 5.32 Å². The van der Waals surface area contributed by atoms with E-state index in [2.05, 4.69) is 40.0 Å². The minimum atomic E-state index is 0.420. The van der Waals surface area contributed by atoms with Crippen LogP contribution in [0.4, 0.5) is 5.69 Å². The van der Waals surface area contributed by atoms with Crippen molar-refractivity contribution in [2.24, 2.45) is 0 Å². The summed E-state index contributed by atoms with van der Waals surface area (Å²) in [5, 5.41) is 4.79. The summed E-state index contributed by atoms with van der Waals surface area (Å²) in [6, 6.07) is 4.74.